The maximum absolute atomic E-state index is 4.72. The minimum atomic E-state index is 0. The standard InChI is InChI=1S/C19H28N6.HI/c1-2-21-19(22-10-6-12-24-14-11-20-16-24)23-17-9-13-25(15-17)18-7-4-3-5-8-18;/h3-5,7-8,11,14,16-17H,2,6,9-10,12-13,15H2,1H3,(H2,21,22,23);1H. The summed E-state index contributed by atoms with van der Waals surface area (Å²) in [4.78, 5) is 11.2. The summed E-state index contributed by atoms with van der Waals surface area (Å²) in [5.41, 5.74) is 1.30. The minimum Gasteiger partial charge on any atom is -0.369 e. The van der Waals surface area contributed by atoms with Crippen molar-refractivity contribution in [2.75, 3.05) is 31.1 Å². The van der Waals surface area contributed by atoms with Gasteiger partial charge in [-0.25, -0.2) is 4.98 Å². The van der Waals surface area contributed by atoms with Gasteiger partial charge in [0.25, 0.3) is 0 Å². The van der Waals surface area contributed by atoms with Crippen LogP contribution in [0.15, 0.2) is 54.0 Å². The van der Waals surface area contributed by atoms with E-state index < -0.39 is 0 Å². The van der Waals surface area contributed by atoms with Gasteiger partial charge in [0, 0.05) is 56.8 Å². The number of nitrogens with zero attached hydrogens (tertiary/aromatic N) is 4. The molecule has 1 aromatic carbocycles. The summed E-state index contributed by atoms with van der Waals surface area (Å²) in [6.07, 6.45) is 7.79. The van der Waals surface area contributed by atoms with Gasteiger partial charge in [0.2, 0.25) is 0 Å². The Morgan fingerprint density at radius 1 is 1.31 bits per heavy atom. The first-order valence-corrected chi connectivity index (χ1v) is 9.15. The Hall–Kier alpha value is -1.77. The number of hydrogen-bond donors (Lipinski definition) is 2. The number of anilines is 1. The van der Waals surface area contributed by atoms with E-state index in [1.165, 1.54) is 5.69 Å². The highest BCUT2D eigenvalue weighted by Gasteiger charge is 2.23. The Balaban J connectivity index is 0.00000243. The molecule has 1 aliphatic rings. The van der Waals surface area contributed by atoms with Gasteiger partial charge in [0.15, 0.2) is 5.96 Å². The molecule has 0 aliphatic carbocycles. The second kappa shape index (κ2) is 11.1. The molecule has 0 radical (unpaired) electrons. The van der Waals surface area contributed by atoms with E-state index in [1.807, 2.05) is 18.7 Å². The summed E-state index contributed by atoms with van der Waals surface area (Å²) < 4.78 is 2.09. The molecule has 7 heteroatoms. The molecule has 2 aromatic rings. The first-order chi connectivity index (χ1) is 12.3. The highest BCUT2D eigenvalue weighted by atomic mass is 127. The van der Waals surface area contributed by atoms with Gasteiger partial charge >= 0.3 is 0 Å². The molecule has 0 saturated carbocycles. The van der Waals surface area contributed by atoms with E-state index in [0.29, 0.717) is 6.04 Å². The number of aliphatic imine (C=N–C) groups is 1. The van der Waals surface area contributed by atoms with Crippen LogP contribution in [-0.2, 0) is 6.54 Å². The van der Waals surface area contributed by atoms with Crippen LogP contribution in [0.5, 0.6) is 0 Å². The van der Waals surface area contributed by atoms with Crippen LogP contribution in [0.1, 0.15) is 19.8 Å². The smallest absolute Gasteiger partial charge is 0.191 e. The lowest BCUT2D eigenvalue weighted by Crippen LogP contribution is -2.44. The number of halogens is 1. The van der Waals surface area contributed by atoms with Gasteiger partial charge in [0.05, 0.1) is 6.33 Å². The average Bonchev–Trinajstić information content (AvgIpc) is 3.31. The molecule has 1 unspecified atom stereocenters. The Morgan fingerprint density at radius 3 is 2.88 bits per heavy atom. The van der Waals surface area contributed by atoms with E-state index in [0.717, 1.165) is 51.5 Å². The fourth-order valence-corrected chi connectivity index (χ4v) is 3.13. The maximum Gasteiger partial charge on any atom is 0.191 e. The summed E-state index contributed by atoms with van der Waals surface area (Å²) in [6.45, 7) is 6.85. The molecule has 142 valence electrons. The molecule has 3 rings (SSSR count). The monoisotopic (exact) mass is 468 g/mol. The van der Waals surface area contributed by atoms with Gasteiger partial charge in [0.1, 0.15) is 0 Å². The van der Waals surface area contributed by atoms with Crippen LogP contribution in [0.4, 0.5) is 5.69 Å². The zero-order valence-corrected chi connectivity index (χ0v) is 17.7. The molecule has 2 heterocycles. The van der Waals surface area contributed by atoms with Gasteiger partial charge in [-0.05, 0) is 31.9 Å². The molecule has 2 N–H and O–H groups in total. The molecule has 0 amide bonds. The van der Waals surface area contributed by atoms with Crippen molar-refractivity contribution >= 4 is 35.6 Å². The summed E-state index contributed by atoms with van der Waals surface area (Å²) in [7, 11) is 0. The maximum atomic E-state index is 4.72. The lowest BCUT2D eigenvalue weighted by molar-refractivity contribution is 0.630. The van der Waals surface area contributed by atoms with Crippen molar-refractivity contribution in [3.8, 4) is 0 Å². The SMILES string of the molecule is CCNC(=NCCCn1ccnc1)NC1CCN(c2ccccc2)C1.I. The van der Waals surface area contributed by atoms with Crippen molar-refractivity contribution in [2.24, 2.45) is 4.99 Å². The van der Waals surface area contributed by atoms with E-state index in [9.17, 15) is 0 Å². The average molecular weight is 468 g/mol. The van der Waals surface area contributed by atoms with Crippen molar-refractivity contribution in [3.05, 3.63) is 49.1 Å². The van der Waals surface area contributed by atoms with Crippen molar-refractivity contribution in [1.29, 1.82) is 0 Å². The summed E-state index contributed by atoms with van der Waals surface area (Å²) >= 11 is 0. The highest BCUT2D eigenvalue weighted by molar-refractivity contribution is 14.0. The molecule has 1 fully saturated rings. The molecule has 26 heavy (non-hydrogen) atoms. The Morgan fingerprint density at radius 2 is 2.15 bits per heavy atom. The Bertz CT molecular complexity index is 643. The lowest BCUT2D eigenvalue weighted by atomic mass is 10.3. The second-order valence-corrected chi connectivity index (χ2v) is 6.33. The lowest BCUT2D eigenvalue weighted by Gasteiger charge is -2.20. The van der Waals surface area contributed by atoms with E-state index in [2.05, 4.69) is 62.3 Å². The number of nitrogens with one attached hydrogen (secondary N) is 2. The molecular formula is C19H29IN6. The van der Waals surface area contributed by atoms with E-state index >= 15 is 0 Å². The van der Waals surface area contributed by atoms with Crippen molar-refractivity contribution < 1.29 is 0 Å². The van der Waals surface area contributed by atoms with Gasteiger partial charge in [-0.15, -0.1) is 24.0 Å². The molecule has 1 aromatic heterocycles. The molecule has 1 aliphatic heterocycles. The quantitative estimate of drug-likeness (QED) is 0.284. The third kappa shape index (κ3) is 6.19. The van der Waals surface area contributed by atoms with Gasteiger partial charge in [-0.2, -0.15) is 0 Å². The Labute approximate surface area is 173 Å². The molecule has 0 bridgehead atoms. The molecule has 0 spiro atoms. The van der Waals surface area contributed by atoms with Gasteiger partial charge in [-0.3, -0.25) is 4.99 Å². The van der Waals surface area contributed by atoms with Crippen LogP contribution in [0.25, 0.3) is 0 Å². The Kier molecular flexibility index (Phi) is 8.73. The zero-order chi connectivity index (χ0) is 17.3. The first-order valence-electron chi connectivity index (χ1n) is 9.15. The van der Waals surface area contributed by atoms with E-state index in [-0.39, 0.29) is 24.0 Å². The number of guanidine groups is 1. The fourth-order valence-electron chi connectivity index (χ4n) is 3.13. The molecule has 1 atom stereocenters. The molecule has 6 nitrogen and oxygen atoms in total. The zero-order valence-electron chi connectivity index (χ0n) is 15.3. The largest absolute Gasteiger partial charge is 0.369 e. The van der Waals surface area contributed by atoms with Crippen LogP contribution >= 0.6 is 24.0 Å². The van der Waals surface area contributed by atoms with Crippen molar-refractivity contribution in [3.63, 3.8) is 0 Å². The highest BCUT2D eigenvalue weighted by Crippen LogP contribution is 2.19. The number of aryl methyl sites for hydroxylation is 1. The van der Waals surface area contributed by atoms with Gasteiger partial charge in [-0.1, -0.05) is 18.2 Å². The minimum absolute atomic E-state index is 0. The predicted octanol–water partition coefficient (Wildman–Crippen LogP) is 2.73. The fraction of sp³-hybridized carbons (Fsp3) is 0.474. The van der Waals surface area contributed by atoms with Crippen LogP contribution in [0.2, 0.25) is 0 Å². The van der Waals surface area contributed by atoms with Crippen molar-refractivity contribution in [1.82, 2.24) is 20.2 Å². The van der Waals surface area contributed by atoms with Crippen LogP contribution in [0.3, 0.4) is 0 Å². The van der Waals surface area contributed by atoms with E-state index in [1.54, 1.807) is 0 Å². The van der Waals surface area contributed by atoms with Crippen molar-refractivity contribution in [2.45, 2.75) is 32.4 Å². The van der Waals surface area contributed by atoms with Crippen LogP contribution in [-0.4, -0.2) is 47.7 Å². The number of para-hydroxylation sites is 1. The second-order valence-electron chi connectivity index (χ2n) is 6.33. The summed E-state index contributed by atoms with van der Waals surface area (Å²) in [6, 6.07) is 11.1. The molecular weight excluding hydrogens is 439 g/mol. The van der Waals surface area contributed by atoms with Crippen LogP contribution < -0.4 is 15.5 Å². The summed E-state index contributed by atoms with van der Waals surface area (Å²) in [5, 5.41) is 6.95. The molecule has 1 saturated heterocycles. The first kappa shape index (κ1) is 20.5. The van der Waals surface area contributed by atoms with Crippen LogP contribution in [0, 0.1) is 0 Å². The predicted molar refractivity (Wildman–Crippen MR) is 118 cm³/mol. The summed E-state index contributed by atoms with van der Waals surface area (Å²) in [5.74, 6) is 0.924. The number of imidazole rings is 1. The topological polar surface area (TPSA) is 57.5 Å². The van der Waals surface area contributed by atoms with Gasteiger partial charge < -0.3 is 20.1 Å². The number of aromatic nitrogens is 2. The number of benzene rings is 1. The normalized spacial score (nSPS) is 17.0. The third-order valence-corrected chi connectivity index (χ3v) is 4.40. The number of rotatable bonds is 7. The number of hydrogen-bond acceptors (Lipinski definition) is 3. The van der Waals surface area contributed by atoms with E-state index in [4.69, 9.17) is 4.99 Å². The third-order valence-electron chi connectivity index (χ3n) is 4.40.